The van der Waals surface area contributed by atoms with Gasteiger partial charge in [-0.2, -0.15) is 0 Å². The second kappa shape index (κ2) is 9.83. The summed E-state index contributed by atoms with van der Waals surface area (Å²) in [6.45, 7) is 1.95. The molecule has 5 nitrogen and oxygen atoms in total. The van der Waals surface area contributed by atoms with E-state index in [1.165, 1.54) is 0 Å². The third-order valence-electron chi connectivity index (χ3n) is 4.98. The van der Waals surface area contributed by atoms with Gasteiger partial charge in [0.1, 0.15) is 10.3 Å². The van der Waals surface area contributed by atoms with Crippen molar-refractivity contribution in [2.45, 2.75) is 12.2 Å². The summed E-state index contributed by atoms with van der Waals surface area (Å²) >= 11 is 13.1. The fourth-order valence-corrected chi connectivity index (χ4v) is 4.67. The van der Waals surface area contributed by atoms with Gasteiger partial charge in [0.05, 0.1) is 11.3 Å². The lowest BCUT2D eigenvalue weighted by molar-refractivity contribution is -0.112. The Morgan fingerprint density at radius 2 is 1.48 bits per heavy atom. The first-order chi connectivity index (χ1) is 15.8. The van der Waals surface area contributed by atoms with Crippen LogP contribution in [0.15, 0.2) is 89.1 Å². The van der Waals surface area contributed by atoms with Crippen molar-refractivity contribution < 1.29 is 9.59 Å². The minimum Gasteiger partial charge on any atom is -0.400 e. The van der Waals surface area contributed by atoms with Gasteiger partial charge in [-0.15, -0.1) is 0 Å². The van der Waals surface area contributed by atoms with Crippen LogP contribution in [0.25, 0.3) is 0 Å². The maximum absolute atomic E-state index is 13.2. The Morgan fingerprint density at radius 1 is 0.909 bits per heavy atom. The number of Topliss-reactive ketones (excluding diaryl/α,β-unsaturated/α-hetero) is 1. The molecule has 33 heavy (non-hydrogen) atoms. The standard InChI is InChI=1S/C25H19Cl2N3O2S/c1-14-2-4-15(5-3-14)22(31)23-21(28)20(24(32)29-18-10-6-16(26)7-11-18)25(33-23)30-19-12-8-17(27)9-13-19/h2-13,23H,28H2,1H3,(H,29,32)/t23-/m0/s1. The van der Waals surface area contributed by atoms with Gasteiger partial charge in [-0.1, -0.05) is 64.8 Å². The third-order valence-corrected chi connectivity index (χ3v) is 6.70. The number of nitrogens with two attached hydrogens (primary N) is 1. The average Bonchev–Trinajstić information content (AvgIpc) is 3.12. The quantitative estimate of drug-likeness (QED) is 0.413. The van der Waals surface area contributed by atoms with Crippen LogP contribution in [0.2, 0.25) is 10.0 Å². The molecule has 166 valence electrons. The second-order valence-corrected chi connectivity index (χ2v) is 9.38. The molecule has 0 radical (unpaired) electrons. The van der Waals surface area contributed by atoms with Crippen LogP contribution in [0.5, 0.6) is 0 Å². The highest BCUT2D eigenvalue weighted by Crippen LogP contribution is 2.37. The van der Waals surface area contributed by atoms with Crippen LogP contribution >= 0.6 is 35.0 Å². The predicted molar refractivity (Wildman–Crippen MR) is 137 cm³/mol. The number of hydrogen-bond donors (Lipinski definition) is 2. The molecule has 0 saturated carbocycles. The summed E-state index contributed by atoms with van der Waals surface area (Å²) in [5.41, 5.74) is 9.45. The van der Waals surface area contributed by atoms with Crippen LogP contribution < -0.4 is 11.1 Å². The van der Waals surface area contributed by atoms with E-state index in [1.807, 2.05) is 19.1 Å². The molecule has 3 N–H and O–H groups in total. The molecule has 4 rings (SSSR count). The molecule has 1 atom stereocenters. The van der Waals surface area contributed by atoms with E-state index in [2.05, 4.69) is 10.3 Å². The average molecular weight is 496 g/mol. The molecular formula is C25H19Cl2N3O2S. The molecule has 8 heteroatoms. The Labute approximate surface area is 205 Å². The Balaban J connectivity index is 1.71. The van der Waals surface area contributed by atoms with Crippen LogP contribution in [0, 0.1) is 6.92 Å². The van der Waals surface area contributed by atoms with Crippen LogP contribution in [0.4, 0.5) is 11.4 Å². The van der Waals surface area contributed by atoms with Crippen LogP contribution in [-0.4, -0.2) is 22.0 Å². The first-order valence-corrected chi connectivity index (χ1v) is 11.6. The number of carbonyl (C=O) groups is 2. The Morgan fingerprint density at radius 3 is 2.09 bits per heavy atom. The summed E-state index contributed by atoms with van der Waals surface area (Å²) in [7, 11) is 0. The lowest BCUT2D eigenvalue weighted by atomic mass is 10.0. The number of nitrogens with zero attached hydrogens (tertiary/aromatic N) is 1. The summed E-state index contributed by atoms with van der Waals surface area (Å²) in [6, 6.07) is 20.8. The molecule has 1 heterocycles. The van der Waals surface area contributed by atoms with Gasteiger partial charge in [0, 0.05) is 27.0 Å². The van der Waals surface area contributed by atoms with Gasteiger partial charge >= 0.3 is 0 Å². The molecule has 0 aromatic heterocycles. The van der Waals surface area contributed by atoms with E-state index < -0.39 is 11.2 Å². The molecule has 0 fully saturated rings. The molecule has 3 aromatic carbocycles. The van der Waals surface area contributed by atoms with Crippen molar-refractivity contribution in [2.24, 2.45) is 10.7 Å². The number of ketones is 1. The maximum Gasteiger partial charge on any atom is 0.260 e. The van der Waals surface area contributed by atoms with Crippen molar-refractivity contribution in [3.8, 4) is 0 Å². The van der Waals surface area contributed by atoms with Gasteiger partial charge < -0.3 is 11.1 Å². The van der Waals surface area contributed by atoms with Gasteiger partial charge in [-0.3, -0.25) is 9.59 Å². The lowest BCUT2D eigenvalue weighted by Gasteiger charge is -2.10. The molecule has 0 aliphatic carbocycles. The van der Waals surface area contributed by atoms with Gasteiger partial charge in [0.15, 0.2) is 5.78 Å². The van der Waals surface area contributed by atoms with E-state index in [1.54, 1.807) is 60.7 Å². The molecule has 0 saturated heterocycles. The highest BCUT2D eigenvalue weighted by atomic mass is 35.5. The van der Waals surface area contributed by atoms with E-state index in [4.69, 9.17) is 28.9 Å². The second-order valence-electron chi connectivity index (χ2n) is 7.41. The fraction of sp³-hybridized carbons (Fsp3) is 0.0800. The predicted octanol–water partition coefficient (Wildman–Crippen LogP) is 6.18. The summed E-state index contributed by atoms with van der Waals surface area (Å²) in [6.07, 6.45) is 0. The molecule has 0 bridgehead atoms. The van der Waals surface area contributed by atoms with Gasteiger partial charge in [-0.05, 0) is 55.5 Å². The number of halogens is 2. The van der Waals surface area contributed by atoms with Gasteiger partial charge in [-0.25, -0.2) is 4.99 Å². The number of aliphatic imine (C=N–C) groups is 1. The number of rotatable bonds is 5. The van der Waals surface area contributed by atoms with Crippen LogP contribution in [-0.2, 0) is 4.79 Å². The number of amides is 1. The van der Waals surface area contributed by atoms with Crippen molar-refractivity contribution in [3.05, 3.63) is 105 Å². The number of benzene rings is 3. The van der Waals surface area contributed by atoms with E-state index >= 15 is 0 Å². The minimum absolute atomic E-state index is 0.171. The number of anilines is 1. The van der Waals surface area contributed by atoms with Crippen molar-refractivity contribution in [1.29, 1.82) is 0 Å². The molecule has 3 aromatic rings. The van der Waals surface area contributed by atoms with Crippen LogP contribution in [0.3, 0.4) is 0 Å². The van der Waals surface area contributed by atoms with Crippen LogP contribution in [0.1, 0.15) is 15.9 Å². The topological polar surface area (TPSA) is 84.5 Å². The normalized spacial score (nSPS) is 16.8. The number of nitrogens with one attached hydrogen (secondary N) is 1. The van der Waals surface area contributed by atoms with Crippen molar-refractivity contribution >= 4 is 63.1 Å². The summed E-state index contributed by atoms with van der Waals surface area (Å²) < 4.78 is 0. The molecule has 1 amide bonds. The molecule has 0 spiro atoms. The Hall–Kier alpha value is -3.06. The Bertz CT molecular complexity index is 1270. The Kier molecular flexibility index (Phi) is 6.88. The molecular weight excluding hydrogens is 477 g/mol. The first-order valence-electron chi connectivity index (χ1n) is 10.0. The molecule has 1 aliphatic heterocycles. The zero-order chi connectivity index (χ0) is 23.5. The van der Waals surface area contributed by atoms with Crippen molar-refractivity contribution in [2.75, 3.05) is 5.32 Å². The number of thioether (sulfide) groups is 1. The highest BCUT2D eigenvalue weighted by molar-refractivity contribution is 8.16. The minimum atomic E-state index is -0.760. The SMILES string of the molecule is Cc1ccc(C(=O)[C@H]2SC(=Nc3ccc(Cl)cc3)C(C(=O)Nc3ccc(Cl)cc3)=C2N)cc1. The zero-order valence-corrected chi connectivity index (χ0v) is 19.8. The summed E-state index contributed by atoms with van der Waals surface area (Å²) in [5, 5.41) is 3.54. The summed E-state index contributed by atoms with van der Waals surface area (Å²) in [5.74, 6) is -0.634. The largest absolute Gasteiger partial charge is 0.400 e. The fourth-order valence-electron chi connectivity index (χ4n) is 3.22. The first kappa shape index (κ1) is 23.1. The van der Waals surface area contributed by atoms with E-state index in [0.717, 1.165) is 17.3 Å². The van der Waals surface area contributed by atoms with E-state index in [-0.39, 0.29) is 17.1 Å². The zero-order valence-electron chi connectivity index (χ0n) is 17.5. The van der Waals surface area contributed by atoms with Gasteiger partial charge in [0.25, 0.3) is 5.91 Å². The third kappa shape index (κ3) is 5.30. The molecule has 1 aliphatic rings. The number of hydrogen-bond acceptors (Lipinski definition) is 5. The number of carbonyl (C=O) groups excluding carboxylic acids is 2. The number of aryl methyl sites for hydroxylation is 1. The smallest absolute Gasteiger partial charge is 0.260 e. The summed E-state index contributed by atoms with van der Waals surface area (Å²) in [4.78, 5) is 31.0. The lowest BCUT2D eigenvalue weighted by Crippen LogP contribution is -2.25. The van der Waals surface area contributed by atoms with Crippen molar-refractivity contribution in [3.63, 3.8) is 0 Å². The molecule has 0 unspecified atom stereocenters. The van der Waals surface area contributed by atoms with E-state index in [0.29, 0.717) is 32.0 Å². The van der Waals surface area contributed by atoms with Gasteiger partial charge in [0.2, 0.25) is 0 Å². The van der Waals surface area contributed by atoms with Crippen molar-refractivity contribution in [1.82, 2.24) is 0 Å². The highest BCUT2D eigenvalue weighted by Gasteiger charge is 2.38. The maximum atomic E-state index is 13.2. The monoisotopic (exact) mass is 495 g/mol. The van der Waals surface area contributed by atoms with E-state index in [9.17, 15) is 9.59 Å².